The van der Waals surface area contributed by atoms with E-state index >= 15 is 0 Å². The van der Waals surface area contributed by atoms with Crippen LogP contribution in [0.2, 0.25) is 0 Å². The van der Waals surface area contributed by atoms with E-state index in [1.54, 1.807) is 0 Å². The van der Waals surface area contributed by atoms with E-state index < -0.39 is 0 Å². The van der Waals surface area contributed by atoms with Crippen LogP contribution in [0.4, 0.5) is 5.69 Å². The number of benzene rings is 1. The Labute approximate surface area is 119 Å². The summed E-state index contributed by atoms with van der Waals surface area (Å²) < 4.78 is 1.16. The lowest BCUT2D eigenvalue weighted by atomic mass is 10.0. The molecule has 1 heterocycles. The Hall–Kier alpha value is -0.540. The van der Waals surface area contributed by atoms with Crippen LogP contribution in [-0.2, 0) is 0 Å². The monoisotopic (exact) mass is 310 g/mol. The van der Waals surface area contributed by atoms with Gasteiger partial charge in [0.2, 0.25) is 0 Å². The molecule has 0 saturated carbocycles. The molecule has 1 aromatic rings. The highest BCUT2D eigenvalue weighted by molar-refractivity contribution is 9.10. The predicted octanol–water partition coefficient (Wildman–Crippen LogP) is 3.73. The molecule has 3 heteroatoms. The molecule has 18 heavy (non-hydrogen) atoms. The molecule has 1 N–H and O–H groups in total. The minimum absolute atomic E-state index is 0.716. The van der Waals surface area contributed by atoms with Gasteiger partial charge in [-0.15, -0.1) is 0 Å². The third-order valence-corrected chi connectivity index (χ3v) is 4.30. The van der Waals surface area contributed by atoms with Gasteiger partial charge in [0.05, 0.1) is 0 Å². The van der Waals surface area contributed by atoms with Gasteiger partial charge in [-0.1, -0.05) is 28.4 Å². The van der Waals surface area contributed by atoms with Gasteiger partial charge in [-0.3, -0.25) is 0 Å². The van der Waals surface area contributed by atoms with E-state index in [-0.39, 0.29) is 0 Å². The molecular weight excluding hydrogens is 288 g/mol. The lowest BCUT2D eigenvalue weighted by Crippen LogP contribution is -2.36. The summed E-state index contributed by atoms with van der Waals surface area (Å²) in [6.07, 6.45) is 5.31. The Kier molecular flexibility index (Phi) is 5.07. The van der Waals surface area contributed by atoms with Gasteiger partial charge >= 0.3 is 0 Å². The van der Waals surface area contributed by atoms with E-state index in [0.29, 0.717) is 6.04 Å². The van der Waals surface area contributed by atoms with E-state index in [4.69, 9.17) is 0 Å². The van der Waals surface area contributed by atoms with Crippen molar-refractivity contribution in [3.63, 3.8) is 0 Å². The van der Waals surface area contributed by atoms with Gasteiger partial charge in [-0.25, -0.2) is 0 Å². The standard InChI is InChI=1S/C15H23BrN2/c1-12-6-7-13(16)11-15(12)18(2)10-8-14-5-3-4-9-17-14/h6-7,11,14,17H,3-5,8-10H2,1-2H3. The second-order valence-electron chi connectivity index (χ2n) is 5.29. The molecule has 100 valence electrons. The Morgan fingerprint density at radius 2 is 2.22 bits per heavy atom. The van der Waals surface area contributed by atoms with Crippen LogP contribution in [0.15, 0.2) is 22.7 Å². The highest BCUT2D eigenvalue weighted by atomic mass is 79.9. The molecule has 0 radical (unpaired) electrons. The summed E-state index contributed by atoms with van der Waals surface area (Å²) in [6, 6.07) is 7.21. The van der Waals surface area contributed by atoms with Crippen molar-refractivity contribution in [2.75, 3.05) is 25.0 Å². The van der Waals surface area contributed by atoms with Crippen molar-refractivity contribution in [1.82, 2.24) is 5.32 Å². The second-order valence-corrected chi connectivity index (χ2v) is 6.20. The molecule has 1 unspecified atom stereocenters. The van der Waals surface area contributed by atoms with Gasteiger partial charge in [0.1, 0.15) is 0 Å². The summed E-state index contributed by atoms with van der Waals surface area (Å²) in [7, 11) is 2.19. The van der Waals surface area contributed by atoms with E-state index in [9.17, 15) is 0 Å². The number of nitrogens with one attached hydrogen (secondary N) is 1. The lowest BCUT2D eigenvalue weighted by molar-refractivity contribution is 0.384. The Morgan fingerprint density at radius 3 is 2.94 bits per heavy atom. The summed E-state index contributed by atoms with van der Waals surface area (Å²) in [5.74, 6) is 0. The fourth-order valence-corrected chi connectivity index (χ4v) is 2.98. The minimum atomic E-state index is 0.716. The third-order valence-electron chi connectivity index (χ3n) is 3.81. The topological polar surface area (TPSA) is 15.3 Å². The Balaban J connectivity index is 1.90. The summed E-state index contributed by atoms with van der Waals surface area (Å²) in [6.45, 7) is 4.50. The molecule has 1 aliphatic heterocycles. The summed E-state index contributed by atoms with van der Waals surface area (Å²) >= 11 is 3.55. The molecule has 1 aliphatic rings. The maximum Gasteiger partial charge on any atom is 0.0404 e. The molecule has 1 fully saturated rings. The summed E-state index contributed by atoms with van der Waals surface area (Å²) in [5, 5.41) is 3.62. The third kappa shape index (κ3) is 3.72. The number of piperidine rings is 1. The molecule has 0 aliphatic carbocycles. The molecule has 2 rings (SSSR count). The van der Waals surface area contributed by atoms with Crippen molar-refractivity contribution in [3.8, 4) is 0 Å². The van der Waals surface area contributed by atoms with Crippen LogP contribution in [0.1, 0.15) is 31.2 Å². The number of halogens is 1. The molecule has 2 nitrogen and oxygen atoms in total. The fraction of sp³-hybridized carbons (Fsp3) is 0.600. The van der Waals surface area contributed by atoms with Crippen molar-refractivity contribution >= 4 is 21.6 Å². The Bertz CT molecular complexity index is 386. The molecule has 1 atom stereocenters. The van der Waals surface area contributed by atoms with Gasteiger partial charge in [0, 0.05) is 29.8 Å². The van der Waals surface area contributed by atoms with Crippen molar-refractivity contribution in [1.29, 1.82) is 0 Å². The first-order chi connectivity index (χ1) is 8.66. The molecular formula is C15H23BrN2. The maximum atomic E-state index is 3.62. The van der Waals surface area contributed by atoms with Crippen molar-refractivity contribution < 1.29 is 0 Å². The Morgan fingerprint density at radius 1 is 1.39 bits per heavy atom. The van der Waals surface area contributed by atoms with Crippen LogP contribution in [0.5, 0.6) is 0 Å². The van der Waals surface area contributed by atoms with Crippen molar-refractivity contribution in [2.45, 2.75) is 38.6 Å². The molecule has 0 amide bonds. The average molecular weight is 311 g/mol. The number of nitrogens with zero attached hydrogens (tertiary/aromatic N) is 1. The molecule has 0 spiro atoms. The van der Waals surface area contributed by atoms with Gasteiger partial charge < -0.3 is 10.2 Å². The minimum Gasteiger partial charge on any atom is -0.374 e. The van der Waals surface area contributed by atoms with E-state index in [0.717, 1.165) is 11.0 Å². The van der Waals surface area contributed by atoms with E-state index in [2.05, 4.69) is 58.3 Å². The van der Waals surface area contributed by atoms with Crippen LogP contribution in [-0.4, -0.2) is 26.2 Å². The number of rotatable bonds is 4. The zero-order chi connectivity index (χ0) is 13.0. The van der Waals surface area contributed by atoms with Gasteiger partial charge in [0.25, 0.3) is 0 Å². The first kappa shape index (κ1) is 13.9. The zero-order valence-electron chi connectivity index (χ0n) is 11.4. The normalized spacial score (nSPS) is 19.8. The lowest BCUT2D eigenvalue weighted by Gasteiger charge is -2.27. The van der Waals surface area contributed by atoms with Gasteiger partial charge in [-0.2, -0.15) is 0 Å². The van der Waals surface area contributed by atoms with Crippen LogP contribution in [0, 0.1) is 6.92 Å². The second kappa shape index (κ2) is 6.58. The van der Waals surface area contributed by atoms with Crippen molar-refractivity contribution in [2.24, 2.45) is 0 Å². The molecule has 1 saturated heterocycles. The summed E-state index contributed by atoms with van der Waals surface area (Å²) in [5.41, 5.74) is 2.68. The molecule has 0 bridgehead atoms. The number of hydrogen-bond acceptors (Lipinski definition) is 2. The first-order valence-electron chi connectivity index (χ1n) is 6.87. The van der Waals surface area contributed by atoms with Crippen LogP contribution in [0.3, 0.4) is 0 Å². The summed E-state index contributed by atoms with van der Waals surface area (Å²) in [4.78, 5) is 2.37. The number of aryl methyl sites for hydroxylation is 1. The zero-order valence-corrected chi connectivity index (χ0v) is 13.0. The predicted molar refractivity (Wildman–Crippen MR) is 82.4 cm³/mol. The SMILES string of the molecule is Cc1ccc(Br)cc1N(C)CCC1CCCCN1. The van der Waals surface area contributed by atoms with Gasteiger partial charge in [0.15, 0.2) is 0 Å². The van der Waals surface area contributed by atoms with Gasteiger partial charge in [-0.05, 0) is 50.4 Å². The highest BCUT2D eigenvalue weighted by Crippen LogP contribution is 2.24. The van der Waals surface area contributed by atoms with E-state index in [1.807, 2.05) is 0 Å². The smallest absolute Gasteiger partial charge is 0.0404 e. The van der Waals surface area contributed by atoms with Crippen LogP contribution >= 0.6 is 15.9 Å². The number of anilines is 1. The van der Waals surface area contributed by atoms with Crippen LogP contribution in [0.25, 0.3) is 0 Å². The van der Waals surface area contributed by atoms with Crippen molar-refractivity contribution in [3.05, 3.63) is 28.2 Å². The molecule has 0 aromatic heterocycles. The largest absolute Gasteiger partial charge is 0.374 e. The maximum absolute atomic E-state index is 3.62. The first-order valence-corrected chi connectivity index (χ1v) is 7.67. The van der Waals surface area contributed by atoms with Crippen LogP contribution < -0.4 is 10.2 Å². The fourth-order valence-electron chi connectivity index (χ4n) is 2.63. The highest BCUT2D eigenvalue weighted by Gasteiger charge is 2.13. The quantitative estimate of drug-likeness (QED) is 0.911. The number of hydrogen-bond donors (Lipinski definition) is 1. The average Bonchev–Trinajstić information content (AvgIpc) is 2.40. The van der Waals surface area contributed by atoms with E-state index in [1.165, 1.54) is 43.5 Å². The molecule has 1 aromatic carbocycles.